The van der Waals surface area contributed by atoms with Crippen molar-refractivity contribution in [1.29, 1.82) is 0 Å². The van der Waals surface area contributed by atoms with Crippen molar-refractivity contribution in [1.82, 2.24) is 5.32 Å². The number of thiocarbonyl (C=S) groups is 1. The average Bonchev–Trinajstić information content (AvgIpc) is 2.35. The number of halogens is 2. The van der Waals surface area contributed by atoms with Gasteiger partial charge in [0.2, 0.25) is 0 Å². The Hall–Kier alpha value is -0.840. The summed E-state index contributed by atoms with van der Waals surface area (Å²) in [5.74, 6) is -0.368. The molecule has 0 aliphatic heterocycles. The first-order valence-electron chi connectivity index (χ1n) is 5.94. The summed E-state index contributed by atoms with van der Waals surface area (Å²) >= 11 is 17.1. The molecule has 0 aromatic heterocycles. The molecule has 1 aromatic rings. The van der Waals surface area contributed by atoms with Crippen LogP contribution in [-0.2, 0) is 0 Å². The lowest BCUT2D eigenvalue weighted by Crippen LogP contribution is -2.56. The van der Waals surface area contributed by atoms with Crippen LogP contribution in [0.2, 0.25) is 10.0 Å². The van der Waals surface area contributed by atoms with Gasteiger partial charge in [-0.05, 0) is 25.0 Å². The fourth-order valence-corrected chi connectivity index (χ4v) is 2.74. The van der Waals surface area contributed by atoms with E-state index in [0.29, 0.717) is 22.9 Å². The number of benzene rings is 1. The Kier molecular flexibility index (Phi) is 5.59. The first-order valence-corrected chi connectivity index (χ1v) is 7.10. The van der Waals surface area contributed by atoms with E-state index in [4.69, 9.17) is 41.2 Å². The lowest BCUT2D eigenvalue weighted by Gasteiger charge is -2.32. The molecule has 3 N–H and O–H groups in total. The van der Waals surface area contributed by atoms with Gasteiger partial charge in [-0.3, -0.25) is 4.79 Å². The first-order chi connectivity index (χ1) is 8.88. The Morgan fingerprint density at radius 3 is 2.16 bits per heavy atom. The second kappa shape index (κ2) is 6.55. The number of carbonyl (C=O) groups is 1. The summed E-state index contributed by atoms with van der Waals surface area (Å²) in [5, 5.41) is 3.45. The van der Waals surface area contributed by atoms with Crippen LogP contribution in [0.25, 0.3) is 0 Å². The van der Waals surface area contributed by atoms with Gasteiger partial charge in [-0.2, -0.15) is 0 Å². The molecular formula is C13H16Cl2N2OS. The average molecular weight is 319 g/mol. The van der Waals surface area contributed by atoms with Gasteiger partial charge < -0.3 is 11.1 Å². The highest BCUT2D eigenvalue weighted by molar-refractivity contribution is 7.80. The van der Waals surface area contributed by atoms with Crippen LogP contribution in [0.4, 0.5) is 0 Å². The highest BCUT2D eigenvalue weighted by atomic mass is 35.5. The van der Waals surface area contributed by atoms with Crippen molar-refractivity contribution in [2.45, 2.75) is 32.2 Å². The minimum atomic E-state index is -0.713. The lowest BCUT2D eigenvalue weighted by molar-refractivity contribution is 0.0920. The SMILES string of the molecule is CCC(CC)(NC(=O)c1c(Cl)cccc1Cl)C(N)=S. The Morgan fingerprint density at radius 1 is 1.32 bits per heavy atom. The third-order valence-electron chi connectivity index (χ3n) is 3.22. The summed E-state index contributed by atoms with van der Waals surface area (Å²) in [4.78, 5) is 12.6. The summed E-state index contributed by atoms with van der Waals surface area (Å²) in [6.45, 7) is 3.83. The fourth-order valence-electron chi connectivity index (χ4n) is 1.83. The molecule has 0 aliphatic rings. The Morgan fingerprint density at radius 2 is 1.79 bits per heavy atom. The van der Waals surface area contributed by atoms with Gasteiger partial charge in [-0.15, -0.1) is 0 Å². The van der Waals surface area contributed by atoms with Gasteiger partial charge in [-0.1, -0.05) is 55.3 Å². The maximum absolute atomic E-state index is 12.3. The number of amides is 1. The van der Waals surface area contributed by atoms with Gasteiger partial charge in [-0.25, -0.2) is 0 Å². The van der Waals surface area contributed by atoms with E-state index in [1.54, 1.807) is 18.2 Å². The fraction of sp³-hybridized carbons (Fsp3) is 0.385. The highest BCUT2D eigenvalue weighted by Gasteiger charge is 2.32. The van der Waals surface area contributed by atoms with Crippen molar-refractivity contribution in [2.75, 3.05) is 0 Å². The van der Waals surface area contributed by atoms with Gasteiger partial charge in [0, 0.05) is 0 Å². The Labute approximate surface area is 128 Å². The van der Waals surface area contributed by atoms with E-state index in [0.717, 1.165) is 0 Å². The smallest absolute Gasteiger partial charge is 0.255 e. The van der Waals surface area contributed by atoms with Gasteiger partial charge in [0.05, 0.1) is 26.1 Å². The summed E-state index contributed by atoms with van der Waals surface area (Å²) < 4.78 is 0. The highest BCUT2D eigenvalue weighted by Crippen LogP contribution is 2.25. The van der Waals surface area contributed by atoms with E-state index in [-0.39, 0.29) is 16.5 Å². The van der Waals surface area contributed by atoms with E-state index < -0.39 is 5.54 Å². The van der Waals surface area contributed by atoms with E-state index in [1.165, 1.54) is 0 Å². The molecule has 3 nitrogen and oxygen atoms in total. The molecule has 0 saturated carbocycles. The second-order valence-corrected chi connectivity index (χ2v) is 5.46. The Bertz CT molecular complexity index is 481. The second-order valence-electron chi connectivity index (χ2n) is 4.20. The standard InChI is InChI=1S/C13H16Cl2N2OS/c1-3-13(4-2,12(16)19)17-11(18)10-8(14)6-5-7-9(10)15/h5-7H,3-4H2,1-2H3,(H2,16,19)(H,17,18). The number of carbonyl (C=O) groups excluding carboxylic acids is 1. The molecule has 0 heterocycles. The van der Waals surface area contributed by atoms with Crippen LogP contribution in [0.5, 0.6) is 0 Å². The van der Waals surface area contributed by atoms with Crippen molar-refractivity contribution >= 4 is 46.3 Å². The zero-order valence-electron chi connectivity index (χ0n) is 10.8. The lowest BCUT2D eigenvalue weighted by atomic mass is 9.92. The minimum absolute atomic E-state index is 0.244. The molecule has 0 radical (unpaired) electrons. The summed E-state index contributed by atoms with van der Waals surface area (Å²) in [7, 11) is 0. The van der Waals surface area contributed by atoms with Crippen LogP contribution in [0.3, 0.4) is 0 Å². The number of hydrogen-bond donors (Lipinski definition) is 2. The van der Waals surface area contributed by atoms with Crippen LogP contribution in [-0.4, -0.2) is 16.4 Å². The predicted octanol–water partition coefficient (Wildman–Crippen LogP) is 3.57. The quantitative estimate of drug-likeness (QED) is 0.816. The molecule has 0 atom stereocenters. The van der Waals surface area contributed by atoms with E-state index in [9.17, 15) is 4.79 Å². The van der Waals surface area contributed by atoms with Gasteiger partial charge in [0.25, 0.3) is 5.91 Å². The minimum Gasteiger partial charge on any atom is -0.391 e. The molecule has 1 amide bonds. The topological polar surface area (TPSA) is 55.1 Å². The van der Waals surface area contributed by atoms with Crippen LogP contribution in [0.1, 0.15) is 37.0 Å². The largest absolute Gasteiger partial charge is 0.391 e. The zero-order valence-corrected chi connectivity index (χ0v) is 13.1. The van der Waals surface area contributed by atoms with Crippen molar-refractivity contribution in [3.63, 3.8) is 0 Å². The normalized spacial score (nSPS) is 11.2. The predicted molar refractivity (Wildman–Crippen MR) is 84.0 cm³/mol. The number of nitrogens with one attached hydrogen (secondary N) is 1. The van der Waals surface area contributed by atoms with Gasteiger partial charge in [0.15, 0.2) is 0 Å². The molecule has 104 valence electrons. The van der Waals surface area contributed by atoms with E-state index in [1.807, 2.05) is 13.8 Å². The van der Waals surface area contributed by atoms with Crippen molar-refractivity contribution in [3.8, 4) is 0 Å². The molecular weight excluding hydrogens is 303 g/mol. The van der Waals surface area contributed by atoms with Crippen LogP contribution < -0.4 is 11.1 Å². The van der Waals surface area contributed by atoms with Crippen molar-refractivity contribution < 1.29 is 4.79 Å². The molecule has 0 aliphatic carbocycles. The van der Waals surface area contributed by atoms with Crippen LogP contribution in [0, 0.1) is 0 Å². The van der Waals surface area contributed by atoms with Crippen LogP contribution in [0.15, 0.2) is 18.2 Å². The molecule has 0 bridgehead atoms. The molecule has 19 heavy (non-hydrogen) atoms. The third kappa shape index (κ3) is 3.38. The van der Waals surface area contributed by atoms with Gasteiger partial charge >= 0.3 is 0 Å². The molecule has 0 spiro atoms. The number of nitrogens with two attached hydrogens (primary N) is 1. The first kappa shape index (κ1) is 16.2. The molecule has 6 heteroatoms. The summed E-state index contributed by atoms with van der Waals surface area (Å²) in [6, 6.07) is 4.91. The third-order valence-corrected chi connectivity index (χ3v) is 4.24. The maximum Gasteiger partial charge on any atom is 0.255 e. The monoisotopic (exact) mass is 318 g/mol. The zero-order chi connectivity index (χ0) is 14.6. The molecule has 0 saturated heterocycles. The van der Waals surface area contributed by atoms with Gasteiger partial charge in [0.1, 0.15) is 0 Å². The molecule has 1 aromatic carbocycles. The molecule has 1 rings (SSSR count). The summed E-state index contributed by atoms with van der Waals surface area (Å²) in [5.41, 5.74) is 5.28. The molecule has 0 fully saturated rings. The maximum atomic E-state index is 12.3. The number of rotatable bonds is 5. The summed E-state index contributed by atoms with van der Waals surface area (Å²) in [6.07, 6.45) is 1.21. The number of hydrogen-bond acceptors (Lipinski definition) is 2. The van der Waals surface area contributed by atoms with Crippen LogP contribution >= 0.6 is 35.4 Å². The van der Waals surface area contributed by atoms with Crippen molar-refractivity contribution in [2.24, 2.45) is 5.73 Å². The van der Waals surface area contributed by atoms with E-state index >= 15 is 0 Å². The van der Waals surface area contributed by atoms with Crippen molar-refractivity contribution in [3.05, 3.63) is 33.8 Å². The Balaban J connectivity index is 3.11. The molecule has 0 unspecified atom stereocenters. The van der Waals surface area contributed by atoms with E-state index in [2.05, 4.69) is 5.32 Å².